The molecule has 0 radical (unpaired) electrons. The minimum Gasteiger partial charge on any atom is -0.353 e. The van der Waals surface area contributed by atoms with Crippen molar-refractivity contribution in [3.05, 3.63) is 0 Å². The lowest BCUT2D eigenvalue weighted by Gasteiger charge is -2.20. The third kappa shape index (κ3) is 2.88. The smallest absolute Gasteiger partial charge is 0.223 e. The Morgan fingerprint density at radius 1 is 1.57 bits per heavy atom. The van der Waals surface area contributed by atoms with Gasteiger partial charge in [0.2, 0.25) is 5.91 Å². The van der Waals surface area contributed by atoms with Crippen molar-refractivity contribution in [3.8, 4) is 0 Å². The molecule has 0 saturated heterocycles. The third-order valence-corrected chi connectivity index (χ3v) is 3.64. The molecule has 0 aromatic carbocycles. The van der Waals surface area contributed by atoms with E-state index in [2.05, 4.69) is 5.32 Å². The van der Waals surface area contributed by atoms with Crippen LogP contribution in [0.25, 0.3) is 0 Å². The number of carbonyl (C=O) groups excluding carboxylic acids is 1. The topological polar surface area (TPSA) is 29.1 Å². The van der Waals surface area contributed by atoms with E-state index >= 15 is 0 Å². The first-order chi connectivity index (χ1) is 6.69. The Bertz CT molecular complexity index is 196. The van der Waals surface area contributed by atoms with Gasteiger partial charge in [0.25, 0.3) is 0 Å². The molecule has 2 nitrogen and oxygen atoms in total. The van der Waals surface area contributed by atoms with Crippen LogP contribution in [0.3, 0.4) is 0 Å². The van der Waals surface area contributed by atoms with Gasteiger partial charge in [0, 0.05) is 17.8 Å². The van der Waals surface area contributed by atoms with Crippen molar-refractivity contribution in [1.82, 2.24) is 5.32 Å². The predicted octanol–water partition coefficient (Wildman–Crippen LogP) is 2.56. The zero-order chi connectivity index (χ0) is 10.6. The second-order valence-electron chi connectivity index (χ2n) is 4.27. The van der Waals surface area contributed by atoms with Gasteiger partial charge in [-0.05, 0) is 25.2 Å². The van der Waals surface area contributed by atoms with Crippen LogP contribution in [0, 0.1) is 11.8 Å². The van der Waals surface area contributed by atoms with Gasteiger partial charge >= 0.3 is 0 Å². The lowest BCUT2D eigenvalue weighted by molar-refractivity contribution is -0.125. The van der Waals surface area contributed by atoms with Gasteiger partial charge in [0.05, 0.1) is 0 Å². The van der Waals surface area contributed by atoms with Gasteiger partial charge in [0.15, 0.2) is 0 Å². The van der Waals surface area contributed by atoms with E-state index in [1.54, 1.807) is 0 Å². The summed E-state index contributed by atoms with van der Waals surface area (Å²) in [5.41, 5.74) is 0. The summed E-state index contributed by atoms with van der Waals surface area (Å²) >= 11 is 5.85. The van der Waals surface area contributed by atoms with Crippen LogP contribution in [-0.4, -0.2) is 17.8 Å². The van der Waals surface area contributed by atoms with Gasteiger partial charge in [0.1, 0.15) is 0 Å². The molecule has 1 amide bonds. The summed E-state index contributed by atoms with van der Waals surface area (Å²) in [7, 11) is 0. The second kappa shape index (κ2) is 5.59. The van der Waals surface area contributed by atoms with Crippen LogP contribution >= 0.6 is 11.6 Å². The molecule has 1 aliphatic rings. The Hall–Kier alpha value is -0.240. The number of hydrogen-bond acceptors (Lipinski definition) is 1. The van der Waals surface area contributed by atoms with Crippen molar-refractivity contribution in [1.29, 1.82) is 0 Å². The molecule has 1 rings (SSSR count). The number of rotatable bonds is 4. The fourth-order valence-corrected chi connectivity index (χ4v) is 2.29. The molecule has 0 heterocycles. The molecule has 0 aromatic heterocycles. The van der Waals surface area contributed by atoms with Crippen molar-refractivity contribution in [2.24, 2.45) is 11.8 Å². The van der Waals surface area contributed by atoms with Gasteiger partial charge in [-0.25, -0.2) is 0 Å². The molecule has 14 heavy (non-hydrogen) atoms. The summed E-state index contributed by atoms with van der Waals surface area (Å²) in [6, 6.07) is 0.328. The molecule has 0 aliphatic heterocycles. The Morgan fingerprint density at radius 2 is 2.29 bits per heavy atom. The summed E-state index contributed by atoms with van der Waals surface area (Å²) in [6.45, 7) is 4.01. The van der Waals surface area contributed by atoms with E-state index in [1.807, 2.05) is 13.8 Å². The first-order valence-corrected chi connectivity index (χ1v) is 6.08. The standard InChI is InChI=1S/C11H20ClNO/c1-3-8(2)11(14)13-10-6-4-5-9(10)7-12/h8-10H,3-7H2,1-2H3,(H,13,14). The molecule has 3 heteroatoms. The Balaban J connectivity index is 2.39. The Kier molecular flexibility index (Phi) is 4.73. The van der Waals surface area contributed by atoms with E-state index < -0.39 is 0 Å². The predicted molar refractivity (Wildman–Crippen MR) is 59.4 cm³/mol. The van der Waals surface area contributed by atoms with E-state index in [-0.39, 0.29) is 11.8 Å². The number of halogens is 1. The van der Waals surface area contributed by atoms with E-state index in [1.165, 1.54) is 6.42 Å². The highest BCUT2D eigenvalue weighted by Crippen LogP contribution is 2.26. The van der Waals surface area contributed by atoms with Crippen LogP contribution in [-0.2, 0) is 4.79 Å². The first-order valence-electron chi connectivity index (χ1n) is 5.55. The summed E-state index contributed by atoms with van der Waals surface area (Å²) in [5.74, 6) is 1.48. The fourth-order valence-electron chi connectivity index (χ4n) is 1.92. The van der Waals surface area contributed by atoms with Gasteiger partial charge in [-0.1, -0.05) is 20.3 Å². The largest absolute Gasteiger partial charge is 0.353 e. The SMILES string of the molecule is CCC(C)C(=O)NC1CCCC1CCl. The lowest BCUT2D eigenvalue weighted by Crippen LogP contribution is -2.40. The Labute approximate surface area is 91.4 Å². The highest BCUT2D eigenvalue weighted by Gasteiger charge is 2.28. The van der Waals surface area contributed by atoms with Gasteiger partial charge < -0.3 is 5.32 Å². The Morgan fingerprint density at radius 3 is 2.86 bits per heavy atom. The molecule has 82 valence electrons. The van der Waals surface area contributed by atoms with Crippen LogP contribution in [0.2, 0.25) is 0 Å². The number of amides is 1. The van der Waals surface area contributed by atoms with Crippen LogP contribution < -0.4 is 5.32 Å². The van der Waals surface area contributed by atoms with E-state index in [0.717, 1.165) is 19.3 Å². The first kappa shape index (κ1) is 11.8. The van der Waals surface area contributed by atoms with Crippen LogP contribution in [0.15, 0.2) is 0 Å². The molecular weight excluding hydrogens is 198 g/mol. The second-order valence-corrected chi connectivity index (χ2v) is 4.58. The fraction of sp³-hybridized carbons (Fsp3) is 0.909. The highest BCUT2D eigenvalue weighted by molar-refractivity contribution is 6.18. The van der Waals surface area contributed by atoms with Crippen molar-refractivity contribution in [3.63, 3.8) is 0 Å². The maximum absolute atomic E-state index is 11.6. The summed E-state index contributed by atoms with van der Waals surface area (Å²) in [5, 5.41) is 3.11. The third-order valence-electron chi connectivity index (χ3n) is 3.24. The van der Waals surface area contributed by atoms with E-state index in [9.17, 15) is 4.79 Å². The average molecular weight is 218 g/mol. The zero-order valence-corrected chi connectivity index (χ0v) is 9.81. The van der Waals surface area contributed by atoms with Crippen molar-refractivity contribution >= 4 is 17.5 Å². The number of alkyl halides is 1. The van der Waals surface area contributed by atoms with Crippen LogP contribution in [0.4, 0.5) is 0 Å². The quantitative estimate of drug-likeness (QED) is 0.721. The summed E-state index contributed by atoms with van der Waals surface area (Å²) in [4.78, 5) is 11.6. The number of hydrogen-bond donors (Lipinski definition) is 1. The van der Waals surface area contributed by atoms with Crippen LogP contribution in [0.5, 0.6) is 0 Å². The normalized spacial score (nSPS) is 28.8. The molecule has 1 aliphatic carbocycles. The monoisotopic (exact) mass is 217 g/mol. The molecule has 3 atom stereocenters. The lowest BCUT2D eigenvalue weighted by atomic mass is 10.0. The summed E-state index contributed by atoms with van der Waals surface area (Å²) in [6.07, 6.45) is 4.36. The molecule has 3 unspecified atom stereocenters. The molecular formula is C11H20ClNO. The van der Waals surface area contributed by atoms with E-state index in [4.69, 9.17) is 11.6 Å². The number of carbonyl (C=O) groups is 1. The molecule has 1 fully saturated rings. The van der Waals surface area contributed by atoms with Gasteiger partial charge in [-0.2, -0.15) is 0 Å². The molecule has 0 spiro atoms. The van der Waals surface area contributed by atoms with E-state index in [0.29, 0.717) is 17.8 Å². The zero-order valence-electron chi connectivity index (χ0n) is 9.05. The minimum atomic E-state index is 0.131. The average Bonchev–Trinajstić information content (AvgIpc) is 2.63. The molecule has 1 N–H and O–H groups in total. The minimum absolute atomic E-state index is 0.131. The number of nitrogens with one attached hydrogen (secondary N) is 1. The van der Waals surface area contributed by atoms with Crippen molar-refractivity contribution in [2.45, 2.75) is 45.6 Å². The van der Waals surface area contributed by atoms with Crippen molar-refractivity contribution in [2.75, 3.05) is 5.88 Å². The highest BCUT2D eigenvalue weighted by atomic mass is 35.5. The van der Waals surface area contributed by atoms with Gasteiger partial charge in [-0.15, -0.1) is 11.6 Å². The molecule has 1 saturated carbocycles. The maximum Gasteiger partial charge on any atom is 0.223 e. The van der Waals surface area contributed by atoms with Crippen molar-refractivity contribution < 1.29 is 4.79 Å². The summed E-state index contributed by atoms with van der Waals surface area (Å²) < 4.78 is 0. The van der Waals surface area contributed by atoms with Crippen LogP contribution in [0.1, 0.15) is 39.5 Å². The molecule has 0 bridgehead atoms. The maximum atomic E-state index is 11.6. The molecule has 0 aromatic rings. The van der Waals surface area contributed by atoms with Gasteiger partial charge in [-0.3, -0.25) is 4.79 Å².